The molecule has 15 atom stereocenters. The standard InChI is InChI=1S/C22H42N10O11S/c1-5-22(39,4-29-32-21(27)44)16(43-17-9(28-2)13(37)10(34)6(3-33)41-17)18(40-5)42-15-8(31-20(25)26)11(35)7(30-19(23)24)12(36)14(15)38/h4-18,28,33-39H,3H2,1-2H3,(H4,23,24,30)(H4,25,26,31)(H3,27,32,44)/t5-,6-,7+,8-,9-,10-,11+,12-,13-,14+,15+,16-,17-,18-,22+/m0/s1. The van der Waals surface area contributed by atoms with E-state index in [4.69, 9.17) is 59.8 Å². The third-order valence-electron chi connectivity index (χ3n) is 7.59. The van der Waals surface area contributed by atoms with Gasteiger partial charge in [-0.15, -0.1) is 0 Å². The van der Waals surface area contributed by atoms with E-state index >= 15 is 0 Å². The van der Waals surface area contributed by atoms with E-state index in [9.17, 15) is 35.7 Å². The number of nitrogens with two attached hydrogens (primary N) is 5. The van der Waals surface area contributed by atoms with Crippen LogP contribution in [0.5, 0.6) is 0 Å². The number of aliphatic hydroxyl groups excluding tert-OH is 6. The zero-order valence-corrected chi connectivity index (χ0v) is 24.6. The highest BCUT2D eigenvalue weighted by Crippen LogP contribution is 2.38. The van der Waals surface area contributed by atoms with Gasteiger partial charge in [0.25, 0.3) is 0 Å². The van der Waals surface area contributed by atoms with Crippen LogP contribution >= 0.6 is 12.2 Å². The minimum absolute atomic E-state index is 0.237. The maximum atomic E-state index is 11.8. The first-order chi connectivity index (χ1) is 20.6. The molecule has 252 valence electrons. The van der Waals surface area contributed by atoms with Gasteiger partial charge in [-0.2, -0.15) is 5.10 Å². The third kappa shape index (κ3) is 7.44. The number of hydrazone groups is 1. The second kappa shape index (κ2) is 14.7. The minimum atomic E-state index is -2.18. The topological polar surface area (TPSA) is 370 Å². The minimum Gasteiger partial charge on any atom is -0.394 e. The first kappa shape index (κ1) is 35.9. The van der Waals surface area contributed by atoms with Crippen molar-refractivity contribution < 1.29 is 54.7 Å². The van der Waals surface area contributed by atoms with Crippen molar-refractivity contribution in [1.29, 1.82) is 0 Å². The van der Waals surface area contributed by atoms with Gasteiger partial charge in [0.2, 0.25) is 0 Å². The summed E-state index contributed by atoms with van der Waals surface area (Å²) in [5, 5.41) is 81.7. The Morgan fingerprint density at radius 1 is 0.886 bits per heavy atom. The molecule has 0 bridgehead atoms. The first-order valence-electron chi connectivity index (χ1n) is 13.4. The number of thiocarbonyl (C=S) groups is 1. The van der Waals surface area contributed by atoms with Gasteiger partial charge in [-0.1, -0.05) is 0 Å². The van der Waals surface area contributed by atoms with E-state index in [0.717, 1.165) is 6.21 Å². The molecular weight excluding hydrogens is 612 g/mol. The van der Waals surface area contributed by atoms with Crippen molar-refractivity contribution in [2.75, 3.05) is 13.7 Å². The summed E-state index contributed by atoms with van der Waals surface area (Å²) in [6.07, 6.45) is -16.2. The zero-order chi connectivity index (χ0) is 33.1. The maximum Gasteiger partial charge on any atom is 0.188 e. The number of nitrogens with one attached hydrogen (secondary N) is 2. The summed E-state index contributed by atoms with van der Waals surface area (Å²) < 4.78 is 23.6. The highest BCUT2D eigenvalue weighted by atomic mass is 32.1. The summed E-state index contributed by atoms with van der Waals surface area (Å²) in [4.78, 5) is 7.71. The van der Waals surface area contributed by atoms with Crippen LogP contribution in [0.4, 0.5) is 0 Å². The van der Waals surface area contributed by atoms with Crippen LogP contribution in [0.3, 0.4) is 0 Å². The number of guanidine groups is 2. The first-order valence-corrected chi connectivity index (χ1v) is 13.8. The molecule has 0 aromatic heterocycles. The highest BCUT2D eigenvalue weighted by molar-refractivity contribution is 7.80. The molecule has 2 heterocycles. The molecule has 3 aliphatic rings. The Hall–Kier alpha value is -2.58. The van der Waals surface area contributed by atoms with Crippen molar-refractivity contribution in [3.05, 3.63) is 0 Å². The lowest BCUT2D eigenvalue weighted by Gasteiger charge is -2.45. The van der Waals surface area contributed by atoms with Crippen molar-refractivity contribution >= 4 is 35.5 Å². The Labute approximate surface area is 256 Å². The number of nitrogens with zero attached hydrogens (tertiary/aromatic N) is 3. The summed E-state index contributed by atoms with van der Waals surface area (Å²) in [5.74, 6) is -1.02. The molecule has 21 nitrogen and oxygen atoms in total. The zero-order valence-electron chi connectivity index (χ0n) is 23.8. The number of hydrogen-bond donors (Lipinski definition) is 14. The number of ether oxygens (including phenoxy) is 4. The summed E-state index contributed by atoms with van der Waals surface area (Å²) in [6.45, 7) is 0.721. The van der Waals surface area contributed by atoms with Gasteiger partial charge >= 0.3 is 0 Å². The van der Waals surface area contributed by atoms with Crippen LogP contribution in [0, 0.1) is 0 Å². The van der Waals surface area contributed by atoms with Crippen molar-refractivity contribution in [3.63, 3.8) is 0 Å². The van der Waals surface area contributed by atoms with E-state index in [-0.39, 0.29) is 5.11 Å². The van der Waals surface area contributed by atoms with Crippen molar-refractivity contribution in [2.24, 2.45) is 43.8 Å². The predicted octanol–water partition coefficient (Wildman–Crippen LogP) is -8.54. The molecule has 0 unspecified atom stereocenters. The number of aliphatic imine (C=N–C) groups is 2. The van der Waals surface area contributed by atoms with Gasteiger partial charge in [0, 0.05) is 0 Å². The van der Waals surface area contributed by atoms with Gasteiger partial charge in [-0.05, 0) is 26.2 Å². The molecule has 2 aliphatic heterocycles. The van der Waals surface area contributed by atoms with Crippen LogP contribution < -0.4 is 39.4 Å². The van der Waals surface area contributed by atoms with Gasteiger partial charge in [-0.25, -0.2) is 9.98 Å². The molecule has 0 spiro atoms. The average Bonchev–Trinajstić information content (AvgIpc) is 3.17. The molecule has 0 aromatic carbocycles. The number of likely N-dealkylation sites (N-methyl/N-ethyl adjacent to an activating group) is 1. The molecule has 19 N–H and O–H groups in total. The smallest absolute Gasteiger partial charge is 0.188 e. The molecular formula is C22H42N10O11S. The molecule has 3 rings (SSSR count). The SMILES string of the molecule is CN[C@@H]1[C@H](O[C@H]2[C@H](O[C@H]3[C@H](O)[C@@H](O)[C@H](N=C(N)N)[C@@H](O)[C@@H]3N=C(N)N)O[C@@H](C)[C@]2(O)C=NNC(N)=S)O[C@@H](CO)[C@H](O)[C@H]1O. The maximum absolute atomic E-state index is 11.8. The second-order valence-corrected chi connectivity index (χ2v) is 10.9. The molecule has 22 heteroatoms. The Bertz CT molecular complexity index is 1090. The number of rotatable bonds is 10. The average molecular weight is 655 g/mol. The monoisotopic (exact) mass is 654 g/mol. The predicted molar refractivity (Wildman–Crippen MR) is 155 cm³/mol. The van der Waals surface area contributed by atoms with Crippen LogP contribution in [-0.4, -0.2) is 164 Å². The van der Waals surface area contributed by atoms with E-state index in [2.05, 4.69) is 25.8 Å². The van der Waals surface area contributed by atoms with Gasteiger partial charge in [0.05, 0.1) is 25.0 Å². The van der Waals surface area contributed by atoms with Crippen molar-refractivity contribution in [1.82, 2.24) is 10.7 Å². The van der Waals surface area contributed by atoms with Crippen LogP contribution in [0.2, 0.25) is 0 Å². The molecule has 1 saturated carbocycles. The number of hydrogen-bond acceptors (Lipinski definition) is 16. The lowest BCUT2D eigenvalue weighted by Crippen LogP contribution is -2.66. The largest absolute Gasteiger partial charge is 0.394 e. The van der Waals surface area contributed by atoms with E-state index in [1.165, 1.54) is 14.0 Å². The summed E-state index contributed by atoms with van der Waals surface area (Å²) in [6, 6.07) is -4.07. The summed E-state index contributed by atoms with van der Waals surface area (Å²) in [7, 11) is 1.44. The molecule has 0 amide bonds. The third-order valence-corrected chi connectivity index (χ3v) is 7.69. The van der Waals surface area contributed by atoms with E-state index in [1.54, 1.807) is 0 Å². The van der Waals surface area contributed by atoms with Crippen LogP contribution in [0.15, 0.2) is 15.1 Å². The van der Waals surface area contributed by atoms with Gasteiger partial charge in [0.15, 0.2) is 35.2 Å². The Balaban J connectivity index is 2.04. The highest BCUT2D eigenvalue weighted by Gasteiger charge is 2.60. The molecule has 0 aromatic rings. The van der Waals surface area contributed by atoms with Gasteiger partial charge < -0.3 is 88.7 Å². The van der Waals surface area contributed by atoms with Crippen molar-refractivity contribution in [2.45, 2.75) is 98.2 Å². The lowest BCUT2D eigenvalue weighted by atomic mass is 9.81. The summed E-state index contributed by atoms with van der Waals surface area (Å²) in [5.41, 5.74) is 27.5. The Morgan fingerprint density at radius 2 is 1.50 bits per heavy atom. The molecule has 44 heavy (non-hydrogen) atoms. The Kier molecular flexibility index (Phi) is 12.0. The fourth-order valence-corrected chi connectivity index (χ4v) is 5.35. The van der Waals surface area contributed by atoms with Gasteiger partial charge in [-0.3, -0.25) is 5.43 Å². The van der Waals surface area contributed by atoms with E-state index in [1.807, 2.05) is 0 Å². The fourth-order valence-electron chi connectivity index (χ4n) is 5.29. The van der Waals surface area contributed by atoms with Crippen LogP contribution in [-0.2, 0) is 18.9 Å². The lowest BCUT2D eigenvalue weighted by molar-refractivity contribution is -0.313. The fraction of sp³-hybridized carbons (Fsp3) is 0.818. The Morgan fingerprint density at radius 3 is 2.05 bits per heavy atom. The van der Waals surface area contributed by atoms with Crippen molar-refractivity contribution in [3.8, 4) is 0 Å². The summed E-state index contributed by atoms with van der Waals surface area (Å²) >= 11 is 4.74. The van der Waals surface area contributed by atoms with E-state index in [0.29, 0.717) is 0 Å². The molecule has 2 saturated heterocycles. The van der Waals surface area contributed by atoms with Crippen LogP contribution in [0.25, 0.3) is 0 Å². The number of aliphatic hydroxyl groups is 7. The molecule has 1 aliphatic carbocycles. The molecule has 0 radical (unpaired) electrons. The normalized spacial score (nSPS) is 44.3. The molecule has 3 fully saturated rings. The van der Waals surface area contributed by atoms with Crippen LogP contribution in [0.1, 0.15) is 6.92 Å². The van der Waals surface area contributed by atoms with Gasteiger partial charge in [0.1, 0.15) is 60.9 Å². The quantitative estimate of drug-likeness (QED) is 0.0450. The van der Waals surface area contributed by atoms with E-state index < -0.39 is 110 Å². The second-order valence-electron chi connectivity index (χ2n) is 10.5.